The van der Waals surface area contributed by atoms with Gasteiger partial charge in [0.1, 0.15) is 17.9 Å². The van der Waals surface area contributed by atoms with Gasteiger partial charge in [0.25, 0.3) is 5.91 Å². The molecule has 2 aliphatic heterocycles. The highest BCUT2D eigenvalue weighted by atomic mass is 32.1. The summed E-state index contributed by atoms with van der Waals surface area (Å²) in [6, 6.07) is 17.2. The summed E-state index contributed by atoms with van der Waals surface area (Å²) in [7, 11) is 1.87. The van der Waals surface area contributed by atoms with E-state index in [0.717, 1.165) is 75.4 Å². The number of H-pyrrole nitrogens is 1. The molecule has 3 aromatic heterocycles. The Morgan fingerprint density at radius 2 is 1.76 bits per heavy atom. The highest BCUT2D eigenvalue weighted by Gasteiger charge is 2.44. The summed E-state index contributed by atoms with van der Waals surface area (Å²) in [5, 5.41) is 27.5. The van der Waals surface area contributed by atoms with E-state index in [9.17, 15) is 29.1 Å². The molecule has 8 rings (SSSR count). The lowest BCUT2D eigenvalue weighted by Crippen LogP contribution is -2.57. The van der Waals surface area contributed by atoms with Crippen LogP contribution in [-0.2, 0) is 44.1 Å². The number of ether oxygens (including phenoxy) is 1. The van der Waals surface area contributed by atoms with Crippen molar-refractivity contribution in [1.82, 2.24) is 50.5 Å². The van der Waals surface area contributed by atoms with Crippen molar-refractivity contribution >= 4 is 68.5 Å². The zero-order valence-corrected chi connectivity index (χ0v) is 41.2. The Hall–Kier alpha value is -6.54. The normalized spacial score (nSPS) is 17.8. The number of β-amino-alcohol motifs (C(OH)–C–C–N with tert-alkyl or cyclic N) is 1. The smallest absolute Gasteiger partial charge is 0.255 e. The van der Waals surface area contributed by atoms with Crippen molar-refractivity contribution in [2.45, 2.75) is 91.1 Å². The SMILES string of the molecule is Cc1ncsc1-c1ccc(CNC(=O)[C@@H]2C[C@@H](O)CN2C(=O)[C@@H](NC(=O)CCOCCC(=O)NCCC2CCN(Cc3nc4cc(NC(=O)c5ccc6c(cnn6C)c5)ccc4[nH]3)C2)C(C)(C)C)cc1. The predicted molar refractivity (Wildman–Crippen MR) is 267 cm³/mol. The van der Waals surface area contributed by atoms with Crippen LogP contribution < -0.4 is 21.3 Å². The van der Waals surface area contributed by atoms with Crippen LogP contribution in [0.15, 0.2) is 72.4 Å². The first-order valence-corrected chi connectivity index (χ1v) is 24.8. The first-order chi connectivity index (χ1) is 33.6. The maximum absolute atomic E-state index is 14.0. The molecule has 1 unspecified atom stereocenters. The second-order valence-corrected chi connectivity index (χ2v) is 20.4. The minimum absolute atomic E-state index is 0.0183. The Morgan fingerprint density at radius 3 is 2.51 bits per heavy atom. The summed E-state index contributed by atoms with van der Waals surface area (Å²) < 4.78 is 7.42. The Bertz CT molecular complexity index is 2830. The number of likely N-dealkylation sites (tertiary alicyclic amines) is 2. The lowest BCUT2D eigenvalue weighted by Gasteiger charge is -2.35. The van der Waals surface area contributed by atoms with Crippen molar-refractivity contribution in [3.63, 3.8) is 0 Å². The van der Waals surface area contributed by atoms with Crippen LogP contribution in [0, 0.1) is 18.3 Å². The number of fused-ring (bicyclic) bond motifs is 2. The zero-order valence-electron chi connectivity index (χ0n) is 40.4. The van der Waals surface area contributed by atoms with Gasteiger partial charge in [-0.1, -0.05) is 45.0 Å². The van der Waals surface area contributed by atoms with Gasteiger partial charge in [0.05, 0.1) is 64.7 Å². The number of aromatic amines is 1. The molecule has 0 bridgehead atoms. The number of nitrogens with zero attached hydrogens (tertiary/aromatic N) is 6. The number of rotatable bonds is 19. The first kappa shape index (κ1) is 49.9. The van der Waals surface area contributed by atoms with E-state index in [1.807, 2.05) is 94.9 Å². The number of amides is 5. The minimum Gasteiger partial charge on any atom is -0.391 e. The molecule has 0 aliphatic carbocycles. The van der Waals surface area contributed by atoms with Crippen LogP contribution in [0.25, 0.3) is 32.4 Å². The quantitative estimate of drug-likeness (QED) is 0.0588. The Kier molecular flexibility index (Phi) is 15.7. The zero-order chi connectivity index (χ0) is 49.5. The van der Waals surface area contributed by atoms with Crippen LogP contribution in [0.3, 0.4) is 0 Å². The predicted octanol–water partition coefficient (Wildman–Crippen LogP) is 5.07. The number of thiazole rings is 1. The van der Waals surface area contributed by atoms with Crippen molar-refractivity contribution in [3.8, 4) is 10.4 Å². The van der Waals surface area contributed by atoms with E-state index in [2.05, 4.69) is 41.2 Å². The van der Waals surface area contributed by atoms with Crippen molar-refractivity contribution in [1.29, 1.82) is 0 Å². The number of carbonyl (C=O) groups is 5. The third-order valence-electron chi connectivity index (χ3n) is 13.1. The molecule has 370 valence electrons. The van der Waals surface area contributed by atoms with E-state index in [4.69, 9.17) is 9.72 Å². The second kappa shape index (κ2) is 22.0. The van der Waals surface area contributed by atoms with Crippen LogP contribution in [0.5, 0.6) is 0 Å². The van der Waals surface area contributed by atoms with Gasteiger partial charge in [-0.3, -0.25) is 33.6 Å². The van der Waals surface area contributed by atoms with Gasteiger partial charge < -0.3 is 41.0 Å². The molecular weight excluding hydrogens is 911 g/mol. The van der Waals surface area contributed by atoms with Gasteiger partial charge in [0, 0.05) is 69.1 Å². The number of carbonyl (C=O) groups excluding carboxylic acids is 5. The number of anilines is 1. The van der Waals surface area contributed by atoms with Crippen LogP contribution in [0.2, 0.25) is 0 Å². The number of aromatic nitrogens is 5. The van der Waals surface area contributed by atoms with Crippen LogP contribution in [0.1, 0.15) is 80.3 Å². The lowest BCUT2D eigenvalue weighted by molar-refractivity contribution is -0.144. The van der Waals surface area contributed by atoms with Crippen molar-refractivity contribution in [2.75, 3.05) is 44.7 Å². The van der Waals surface area contributed by atoms with E-state index in [0.29, 0.717) is 30.3 Å². The number of aliphatic hydroxyl groups excluding tert-OH is 1. The molecule has 2 fully saturated rings. The molecule has 0 radical (unpaired) electrons. The third-order valence-corrected chi connectivity index (χ3v) is 14.1. The van der Waals surface area contributed by atoms with E-state index in [1.54, 1.807) is 28.3 Å². The fraction of sp³-hybridized carbons (Fsp3) is 0.451. The molecule has 2 aliphatic rings. The molecule has 0 spiro atoms. The Balaban J connectivity index is 0.706. The molecular formula is C51H63N11O7S. The number of benzene rings is 3. The van der Waals surface area contributed by atoms with Gasteiger partial charge in [0.2, 0.25) is 23.6 Å². The number of hydrogen-bond acceptors (Lipinski definition) is 12. The fourth-order valence-electron chi connectivity index (χ4n) is 9.17. The van der Waals surface area contributed by atoms with E-state index in [1.165, 1.54) is 4.90 Å². The molecule has 5 amide bonds. The topological polar surface area (TPSA) is 229 Å². The molecule has 5 heterocycles. The number of imidazole rings is 1. The Labute approximate surface area is 411 Å². The van der Waals surface area contributed by atoms with Gasteiger partial charge in [-0.25, -0.2) is 9.97 Å². The number of aryl methyl sites for hydroxylation is 2. The average molecular weight is 974 g/mol. The standard InChI is InChI=1S/C51H63N11O7S/c1-31-46(70-30-54-31)34-8-6-32(7-9-34)25-53-49(67)42-24-38(63)28-62(42)50(68)47(51(2,3)4)59-45(65)17-21-69-20-16-44(64)52-18-14-33-15-19-61(27-33)29-43-57-39-12-11-37(23-40(39)58-43)56-48(66)35-10-13-41-36(22-35)26-55-60(41)5/h6-13,22-23,26,30,33,38,42,47,63H,14-21,24-25,27-29H2,1-5H3,(H,52,64)(H,53,67)(H,56,66)(H,57,58)(H,59,65)/t33?,38-,42+,47-/m1/s1. The number of hydrogen-bond donors (Lipinski definition) is 6. The molecule has 18 nitrogen and oxygen atoms in total. The number of nitrogens with one attached hydrogen (secondary N) is 5. The highest BCUT2D eigenvalue weighted by Crippen LogP contribution is 2.29. The summed E-state index contributed by atoms with van der Waals surface area (Å²) in [5.74, 6) is -0.254. The monoisotopic (exact) mass is 973 g/mol. The van der Waals surface area contributed by atoms with E-state index in [-0.39, 0.29) is 63.3 Å². The summed E-state index contributed by atoms with van der Waals surface area (Å²) >= 11 is 1.57. The second-order valence-electron chi connectivity index (χ2n) is 19.5. The third kappa shape index (κ3) is 12.4. The maximum atomic E-state index is 14.0. The molecule has 19 heteroatoms. The van der Waals surface area contributed by atoms with Crippen LogP contribution in [0.4, 0.5) is 5.69 Å². The Morgan fingerprint density at radius 1 is 0.971 bits per heavy atom. The summed E-state index contributed by atoms with van der Waals surface area (Å²) in [6.07, 6.45) is 2.96. The van der Waals surface area contributed by atoms with Gasteiger partial charge in [0.15, 0.2) is 0 Å². The lowest BCUT2D eigenvalue weighted by atomic mass is 9.85. The molecule has 2 saturated heterocycles. The summed E-state index contributed by atoms with van der Waals surface area (Å²) in [5.41, 5.74) is 7.85. The molecule has 6 aromatic rings. The van der Waals surface area contributed by atoms with Crippen LogP contribution in [-0.4, -0.2) is 127 Å². The number of aliphatic hydroxyl groups is 1. The molecule has 0 saturated carbocycles. The van der Waals surface area contributed by atoms with Gasteiger partial charge in [-0.2, -0.15) is 5.10 Å². The highest BCUT2D eigenvalue weighted by molar-refractivity contribution is 7.13. The van der Waals surface area contributed by atoms with Crippen LogP contribution >= 0.6 is 11.3 Å². The molecule has 4 atom stereocenters. The summed E-state index contributed by atoms with van der Waals surface area (Å²) in [4.78, 5) is 83.6. The van der Waals surface area contributed by atoms with Crippen molar-refractivity contribution in [3.05, 3.63) is 95.0 Å². The van der Waals surface area contributed by atoms with Crippen molar-refractivity contribution in [2.24, 2.45) is 18.4 Å². The van der Waals surface area contributed by atoms with E-state index < -0.39 is 35.4 Å². The maximum Gasteiger partial charge on any atom is 0.255 e. The summed E-state index contributed by atoms with van der Waals surface area (Å²) in [6.45, 7) is 10.9. The van der Waals surface area contributed by atoms with E-state index >= 15 is 0 Å². The van der Waals surface area contributed by atoms with Gasteiger partial charge >= 0.3 is 0 Å². The largest absolute Gasteiger partial charge is 0.391 e. The molecule has 70 heavy (non-hydrogen) atoms. The van der Waals surface area contributed by atoms with Crippen molar-refractivity contribution < 1.29 is 33.8 Å². The van der Waals surface area contributed by atoms with Gasteiger partial charge in [-0.15, -0.1) is 11.3 Å². The minimum atomic E-state index is -0.955. The van der Waals surface area contributed by atoms with Gasteiger partial charge in [-0.05, 0) is 85.2 Å². The average Bonchev–Trinajstić information content (AvgIpc) is 4.19. The fourth-order valence-corrected chi connectivity index (χ4v) is 9.98. The molecule has 3 aromatic carbocycles. The first-order valence-electron chi connectivity index (χ1n) is 23.9. The molecule has 6 N–H and O–H groups in total.